The second-order valence-electron chi connectivity index (χ2n) is 5.14. The predicted octanol–water partition coefficient (Wildman–Crippen LogP) is 3.27. The summed E-state index contributed by atoms with van der Waals surface area (Å²) in [5.74, 6) is 2.22. The molecule has 0 atom stereocenters. The number of carbonyl (C=O) groups is 1. The Hall–Kier alpha value is -3.02. The van der Waals surface area contributed by atoms with Crippen LogP contribution in [0.4, 0.5) is 0 Å². The Bertz CT molecular complexity index is 856. The lowest BCUT2D eigenvalue weighted by Gasteiger charge is -2.09. The van der Waals surface area contributed by atoms with Gasteiger partial charge in [-0.3, -0.25) is 4.79 Å². The van der Waals surface area contributed by atoms with E-state index in [1.54, 1.807) is 23.9 Å². The zero-order valence-electron chi connectivity index (χ0n) is 13.1. The van der Waals surface area contributed by atoms with E-state index in [0.717, 1.165) is 5.69 Å². The summed E-state index contributed by atoms with van der Waals surface area (Å²) in [6.45, 7) is 5.13. The molecule has 23 heavy (non-hydrogen) atoms. The molecule has 0 spiro atoms. The Morgan fingerprint density at radius 2 is 1.87 bits per heavy atom. The van der Waals surface area contributed by atoms with Crippen LogP contribution in [0.15, 0.2) is 42.6 Å². The fourth-order valence-electron chi connectivity index (χ4n) is 2.28. The van der Waals surface area contributed by atoms with Crippen molar-refractivity contribution in [2.24, 2.45) is 0 Å². The van der Waals surface area contributed by atoms with Gasteiger partial charge in [0.05, 0.1) is 17.5 Å². The van der Waals surface area contributed by atoms with Crippen LogP contribution in [0.2, 0.25) is 0 Å². The Morgan fingerprint density at radius 1 is 1.13 bits per heavy atom. The highest BCUT2D eigenvalue weighted by molar-refractivity contribution is 5.94. The van der Waals surface area contributed by atoms with Crippen LogP contribution >= 0.6 is 0 Å². The SMILES string of the molecule is CC(=O)c1cnn(-c2cc(Oc3ccccc3)nc(C)n2)c1C. The van der Waals surface area contributed by atoms with Gasteiger partial charge < -0.3 is 4.74 Å². The molecule has 0 aliphatic rings. The van der Waals surface area contributed by atoms with Gasteiger partial charge in [0.15, 0.2) is 11.6 Å². The van der Waals surface area contributed by atoms with Gasteiger partial charge in [-0.25, -0.2) is 9.67 Å². The summed E-state index contributed by atoms with van der Waals surface area (Å²) in [5, 5.41) is 4.25. The first kappa shape index (κ1) is 14.9. The van der Waals surface area contributed by atoms with Crippen molar-refractivity contribution in [3.63, 3.8) is 0 Å². The molecule has 0 aliphatic heterocycles. The highest BCUT2D eigenvalue weighted by atomic mass is 16.5. The van der Waals surface area contributed by atoms with Crippen LogP contribution in [0.5, 0.6) is 11.6 Å². The molecule has 0 aliphatic carbocycles. The number of aryl methyl sites for hydroxylation is 1. The summed E-state index contributed by atoms with van der Waals surface area (Å²) in [6.07, 6.45) is 1.55. The molecule has 6 nitrogen and oxygen atoms in total. The van der Waals surface area contributed by atoms with Gasteiger partial charge in [0.2, 0.25) is 5.88 Å². The molecule has 116 valence electrons. The smallest absolute Gasteiger partial charge is 0.224 e. The molecule has 3 rings (SSSR count). The van der Waals surface area contributed by atoms with Gasteiger partial charge in [-0.2, -0.15) is 10.1 Å². The maximum absolute atomic E-state index is 11.6. The highest BCUT2D eigenvalue weighted by Crippen LogP contribution is 2.22. The van der Waals surface area contributed by atoms with Gasteiger partial charge >= 0.3 is 0 Å². The monoisotopic (exact) mass is 308 g/mol. The number of hydrogen-bond donors (Lipinski definition) is 0. The third kappa shape index (κ3) is 3.11. The van der Waals surface area contributed by atoms with E-state index in [0.29, 0.717) is 28.8 Å². The molecule has 0 unspecified atom stereocenters. The van der Waals surface area contributed by atoms with Crippen molar-refractivity contribution in [3.05, 3.63) is 59.7 Å². The van der Waals surface area contributed by atoms with Gasteiger partial charge in [0, 0.05) is 6.07 Å². The third-order valence-electron chi connectivity index (χ3n) is 3.37. The number of nitrogens with zero attached hydrogens (tertiary/aromatic N) is 4. The van der Waals surface area contributed by atoms with E-state index >= 15 is 0 Å². The summed E-state index contributed by atoms with van der Waals surface area (Å²) in [7, 11) is 0. The van der Waals surface area contributed by atoms with Gasteiger partial charge in [-0.1, -0.05) is 18.2 Å². The number of benzene rings is 1. The highest BCUT2D eigenvalue weighted by Gasteiger charge is 2.14. The molecule has 0 saturated carbocycles. The summed E-state index contributed by atoms with van der Waals surface area (Å²) in [5.41, 5.74) is 1.31. The molecular formula is C17H16N4O2. The Labute approximate surface area is 133 Å². The number of hydrogen-bond acceptors (Lipinski definition) is 5. The van der Waals surface area contributed by atoms with Gasteiger partial charge in [-0.15, -0.1) is 0 Å². The van der Waals surface area contributed by atoms with Crippen LogP contribution < -0.4 is 4.74 Å². The molecular weight excluding hydrogens is 292 g/mol. The molecule has 2 heterocycles. The first-order chi connectivity index (χ1) is 11.0. The lowest BCUT2D eigenvalue weighted by Crippen LogP contribution is -2.06. The van der Waals surface area contributed by atoms with Crippen LogP contribution in [-0.4, -0.2) is 25.5 Å². The normalized spacial score (nSPS) is 10.6. The number of Topliss-reactive ketones (excluding diaryl/α,β-unsaturated/α-hetero) is 1. The Kier molecular flexibility index (Phi) is 3.89. The summed E-state index contributed by atoms with van der Waals surface area (Å²) in [4.78, 5) is 20.2. The molecule has 0 amide bonds. The first-order valence-corrected chi connectivity index (χ1v) is 7.19. The van der Waals surface area contributed by atoms with Crippen LogP contribution in [0.3, 0.4) is 0 Å². The fraction of sp³-hybridized carbons (Fsp3) is 0.176. The van der Waals surface area contributed by atoms with E-state index < -0.39 is 0 Å². The average Bonchev–Trinajstić information content (AvgIpc) is 2.89. The van der Waals surface area contributed by atoms with Gasteiger partial charge in [0.1, 0.15) is 11.6 Å². The van der Waals surface area contributed by atoms with Crippen molar-refractivity contribution in [1.29, 1.82) is 0 Å². The lowest BCUT2D eigenvalue weighted by molar-refractivity contribution is 0.101. The molecule has 0 radical (unpaired) electrons. The minimum Gasteiger partial charge on any atom is -0.439 e. The fourth-order valence-corrected chi connectivity index (χ4v) is 2.28. The first-order valence-electron chi connectivity index (χ1n) is 7.19. The number of carbonyl (C=O) groups excluding carboxylic acids is 1. The number of ketones is 1. The zero-order valence-corrected chi connectivity index (χ0v) is 13.1. The van der Waals surface area contributed by atoms with E-state index in [1.165, 1.54) is 6.92 Å². The standard InChI is InChI=1S/C17H16N4O2/c1-11-15(12(2)22)10-18-21(11)16-9-17(20-13(3)19-16)23-14-7-5-4-6-8-14/h4-10H,1-3H3. The maximum atomic E-state index is 11.6. The van der Waals surface area contributed by atoms with Crippen molar-refractivity contribution in [2.45, 2.75) is 20.8 Å². The molecule has 6 heteroatoms. The number of para-hydroxylation sites is 1. The lowest BCUT2D eigenvalue weighted by atomic mass is 10.2. The van der Waals surface area contributed by atoms with E-state index in [-0.39, 0.29) is 5.78 Å². The van der Waals surface area contributed by atoms with E-state index in [2.05, 4.69) is 15.1 Å². The van der Waals surface area contributed by atoms with Crippen molar-refractivity contribution < 1.29 is 9.53 Å². The maximum Gasteiger partial charge on any atom is 0.224 e. The number of ether oxygens (including phenoxy) is 1. The van der Waals surface area contributed by atoms with Gasteiger partial charge in [-0.05, 0) is 32.9 Å². The van der Waals surface area contributed by atoms with Gasteiger partial charge in [0.25, 0.3) is 0 Å². The summed E-state index contributed by atoms with van der Waals surface area (Å²) >= 11 is 0. The molecule has 0 fully saturated rings. The quantitative estimate of drug-likeness (QED) is 0.692. The Morgan fingerprint density at radius 3 is 2.52 bits per heavy atom. The van der Waals surface area contributed by atoms with Crippen LogP contribution in [0.1, 0.15) is 28.8 Å². The van der Waals surface area contributed by atoms with Crippen molar-refractivity contribution in [3.8, 4) is 17.4 Å². The van der Waals surface area contributed by atoms with Crippen LogP contribution in [0.25, 0.3) is 5.82 Å². The predicted molar refractivity (Wildman–Crippen MR) is 85.1 cm³/mol. The van der Waals surface area contributed by atoms with E-state index in [9.17, 15) is 4.79 Å². The van der Waals surface area contributed by atoms with E-state index in [4.69, 9.17) is 4.74 Å². The molecule has 0 bridgehead atoms. The Balaban J connectivity index is 1.99. The molecule has 1 aromatic carbocycles. The van der Waals surface area contributed by atoms with Crippen LogP contribution in [-0.2, 0) is 0 Å². The minimum atomic E-state index is -0.0275. The molecule has 2 aromatic heterocycles. The third-order valence-corrected chi connectivity index (χ3v) is 3.37. The molecule has 3 aromatic rings. The van der Waals surface area contributed by atoms with Crippen molar-refractivity contribution in [2.75, 3.05) is 0 Å². The minimum absolute atomic E-state index is 0.0275. The summed E-state index contributed by atoms with van der Waals surface area (Å²) < 4.78 is 7.37. The van der Waals surface area contributed by atoms with Crippen molar-refractivity contribution in [1.82, 2.24) is 19.7 Å². The average molecular weight is 308 g/mol. The number of rotatable bonds is 4. The largest absolute Gasteiger partial charge is 0.439 e. The second-order valence-corrected chi connectivity index (χ2v) is 5.14. The van der Waals surface area contributed by atoms with Crippen LogP contribution in [0, 0.1) is 13.8 Å². The zero-order chi connectivity index (χ0) is 16.4. The van der Waals surface area contributed by atoms with E-state index in [1.807, 2.05) is 37.3 Å². The second kappa shape index (κ2) is 6.00. The number of aromatic nitrogens is 4. The molecule has 0 N–H and O–H groups in total. The summed E-state index contributed by atoms with van der Waals surface area (Å²) in [6, 6.07) is 11.1. The molecule has 0 saturated heterocycles. The van der Waals surface area contributed by atoms with Crippen molar-refractivity contribution >= 4 is 5.78 Å². The topological polar surface area (TPSA) is 69.9 Å².